The minimum absolute atomic E-state index is 0.0840. The van der Waals surface area contributed by atoms with Gasteiger partial charge in [0.05, 0.1) is 5.41 Å². The minimum Gasteiger partial charge on any atom is -0.438 e. The maximum Gasteiger partial charge on any atom is 0.238 e. The molecule has 0 bridgehead atoms. The van der Waals surface area contributed by atoms with E-state index in [0.717, 1.165) is 18.4 Å². The third-order valence-corrected chi connectivity index (χ3v) is 5.41. The number of aromatic nitrogens is 3. The monoisotopic (exact) mass is 414 g/mol. The van der Waals surface area contributed by atoms with Gasteiger partial charge in [-0.25, -0.2) is 4.39 Å². The third-order valence-electron chi connectivity index (χ3n) is 5.41. The van der Waals surface area contributed by atoms with Crippen LogP contribution in [0.15, 0.2) is 85.2 Å². The highest BCUT2D eigenvalue weighted by Gasteiger charge is 2.51. The first-order valence-corrected chi connectivity index (χ1v) is 9.95. The Morgan fingerprint density at radius 1 is 0.935 bits per heavy atom. The summed E-state index contributed by atoms with van der Waals surface area (Å²) in [6, 6.07) is 20.6. The summed E-state index contributed by atoms with van der Waals surface area (Å²) in [6.07, 6.45) is 5.28. The summed E-state index contributed by atoms with van der Waals surface area (Å²) < 4.78 is 20.8. The number of nitrogens with zero attached hydrogens (tertiary/aromatic N) is 3. The maximum absolute atomic E-state index is 13.2. The smallest absolute Gasteiger partial charge is 0.238 e. The number of carbonyl (C=O) groups excluding carboxylic acids is 1. The van der Waals surface area contributed by atoms with Crippen molar-refractivity contribution in [3.05, 3.63) is 96.6 Å². The Morgan fingerprint density at radius 3 is 2.26 bits per heavy atom. The summed E-state index contributed by atoms with van der Waals surface area (Å²) in [6.45, 7) is 0. The van der Waals surface area contributed by atoms with E-state index in [1.54, 1.807) is 42.5 Å². The number of benzene rings is 2. The second-order valence-corrected chi connectivity index (χ2v) is 7.49. The molecular weight excluding hydrogens is 395 g/mol. The molecule has 6 nitrogen and oxygen atoms in total. The average molecular weight is 414 g/mol. The fourth-order valence-corrected chi connectivity index (χ4v) is 3.51. The van der Waals surface area contributed by atoms with Gasteiger partial charge in [0.15, 0.2) is 5.82 Å². The van der Waals surface area contributed by atoms with Crippen LogP contribution in [0.4, 0.5) is 10.1 Å². The van der Waals surface area contributed by atoms with E-state index in [1.165, 1.54) is 12.1 Å². The molecule has 4 aromatic rings. The second-order valence-electron chi connectivity index (χ2n) is 7.49. The van der Waals surface area contributed by atoms with Gasteiger partial charge in [-0.05, 0) is 73.0 Å². The van der Waals surface area contributed by atoms with Crippen LogP contribution in [0, 0.1) is 5.82 Å². The normalized spacial score (nSPS) is 14.1. The number of hydrogen-bond donors (Lipinski definition) is 1. The van der Waals surface area contributed by atoms with Crippen LogP contribution >= 0.6 is 0 Å². The Balaban J connectivity index is 1.23. The molecular formula is C24H19FN4O2. The quantitative estimate of drug-likeness (QED) is 0.489. The van der Waals surface area contributed by atoms with Crippen LogP contribution < -0.4 is 10.1 Å². The van der Waals surface area contributed by atoms with Crippen LogP contribution in [0.2, 0.25) is 0 Å². The van der Waals surface area contributed by atoms with Gasteiger partial charge in [-0.2, -0.15) is 0 Å². The number of carbonyl (C=O) groups is 1. The molecule has 1 fully saturated rings. The van der Waals surface area contributed by atoms with Gasteiger partial charge in [0.25, 0.3) is 0 Å². The lowest BCUT2D eigenvalue weighted by Gasteiger charge is -2.16. The van der Waals surface area contributed by atoms with Gasteiger partial charge in [-0.15, -0.1) is 10.2 Å². The van der Waals surface area contributed by atoms with E-state index >= 15 is 0 Å². The molecule has 5 rings (SSSR count). The van der Waals surface area contributed by atoms with E-state index in [4.69, 9.17) is 4.74 Å². The van der Waals surface area contributed by atoms with Crippen molar-refractivity contribution in [1.82, 2.24) is 14.8 Å². The summed E-state index contributed by atoms with van der Waals surface area (Å²) in [5, 5.41) is 11.2. The number of halogens is 1. The number of rotatable bonds is 6. The molecule has 2 heterocycles. The summed E-state index contributed by atoms with van der Waals surface area (Å²) in [5.74, 6) is 1.27. The Hall–Kier alpha value is -4.00. The predicted molar refractivity (Wildman–Crippen MR) is 114 cm³/mol. The van der Waals surface area contributed by atoms with Gasteiger partial charge in [-0.3, -0.25) is 4.79 Å². The van der Waals surface area contributed by atoms with Crippen molar-refractivity contribution < 1.29 is 13.9 Å². The number of amides is 1. The molecule has 154 valence electrons. The molecule has 0 radical (unpaired) electrons. The molecule has 0 aliphatic heterocycles. The van der Waals surface area contributed by atoms with Crippen LogP contribution in [0.25, 0.3) is 5.82 Å². The molecule has 2 aromatic carbocycles. The number of hydrogen-bond acceptors (Lipinski definition) is 4. The topological polar surface area (TPSA) is 69.0 Å². The first-order valence-electron chi connectivity index (χ1n) is 9.95. The molecule has 0 atom stereocenters. The van der Waals surface area contributed by atoms with Gasteiger partial charge in [0, 0.05) is 24.1 Å². The zero-order valence-electron chi connectivity index (χ0n) is 16.5. The first kappa shape index (κ1) is 19.0. The van der Waals surface area contributed by atoms with E-state index in [0.29, 0.717) is 23.1 Å². The number of anilines is 1. The van der Waals surface area contributed by atoms with E-state index in [1.807, 2.05) is 35.2 Å². The Morgan fingerprint density at radius 2 is 1.65 bits per heavy atom. The Bertz CT molecular complexity index is 1180. The van der Waals surface area contributed by atoms with Gasteiger partial charge in [0.1, 0.15) is 11.6 Å². The number of nitrogens with one attached hydrogen (secondary N) is 1. The minimum atomic E-state index is -0.570. The van der Waals surface area contributed by atoms with E-state index in [-0.39, 0.29) is 11.7 Å². The Kier molecular flexibility index (Phi) is 4.71. The van der Waals surface area contributed by atoms with Crippen molar-refractivity contribution in [3.63, 3.8) is 0 Å². The zero-order chi connectivity index (χ0) is 21.3. The van der Waals surface area contributed by atoms with Gasteiger partial charge >= 0.3 is 0 Å². The molecule has 7 heteroatoms. The van der Waals surface area contributed by atoms with Crippen LogP contribution in [0.1, 0.15) is 18.4 Å². The number of ether oxygens (including phenoxy) is 1. The summed E-state index contributed by atoms with van der Waals surface area (Å²) in [5.41, 5.74) is 0.938. The average Bonchev–Trinajstić information content (AvgIpc) is 3.42. The van der Waals surface area contributed by atoms with Crippen molar-refractivity contribution >= 4 is 11.6 Å². The summed E-state index contributed by atoms with van der Waals surface area (Å²) in [4.78, 5) is 12.8. The van der Waals surface area contributed by atoms with Crippen LogP contribution in [0.5, 0.6) is 11.6 Å². The van der Waals surface area contributed by atoms with Crippen molar-refractivity contribution in [2.45, 2.75) is 18.3 Å². The molecule has 2 aromatic heterocycles. The van der Waals surface area contributed by atoms with E-state index in [9.17, 15) is 9.18 Å². The standard InChI is InChI=1S/C24H19FN4O2/c25-18-5-3-17(4-6-18)24(13-14-24)23(30)26-19-7-9-20(10-8-19)31-22-12-11-21(27-28-22)29-15-1-2-16-29/h1-12,15-16H,13-14H2,(H,26,30). The highest BCUT2D eigenvalue weighted by molar-refractivity contribution is 6.01. The lowest BCUT2D eigenvalue weighted by molar-refractivity contribution is -0.118. The van der Waals surface area contributed by atoms with Gasteiger partial charge in [0.2, 0.25) is 11.8 Å². The molecule has 1 aliphatic carbocycles. The largest absolute Gasteiger partial charge is 0.438 e. The van der Waals surface area contributed by atoms with Crippen LogP contribution in [0.3, 0.4) is 0 Å². The molecule has 0 saturated heterocycles. The molecule has 1 amide bonds. The second kappa shape index (κ2) is 7.68. The van der Waals surface area contributed by atoms with Crippen LogP contribution in [-0.4, -0.2) is 20.7 Å². The van der Waals surface area contributed by atoms with Crippen molar-refractivity contribution in [2.75, 3.05) is 5.32 Å². The van der Waals surface area contributed by atoms with E-state index < -0.39 is 5.41 Å². The molecule has 1 N–H and O–H groups in total. The highest BCUT2D eigenvalue weighted by Crippen LogP contribution is 2.49. The molecule has 1 aliphatic rings. The highest BCUT2D eigenvalue weighted by atomic mass is 19.1. The molecule has 0 unspecified atom stereocenters. The summed E-state index contributed by atoms with van der Waals surface area (Å²) >= 11 is 0. The van der Waals surface area contributed by atoms with Gasteiger partial charge in [-0.1, -0.05) is 12.1 Å². The van der Waals surface area contributed by atoms with Gasteiger partial charge < -0.3 is 14.6 Å². The lowest BCUT2D eigenvalue weighted by Crippen LogP contribution is -2.27. The lowest BCUT2D eigenvalue weighted by atomic mass is 9.95. The SMILES string of the molecule is O=C(Nc1ccc(Oc2ccc(-n3cccc3)nn2)cc1)C1(c2ccc(F)cc2)CC1. The van der Waals surface area contributed by atoms with Crippen molar-refractivity contribution in [3.8, 4) is 17.4 Å². The molecule has 31 heavy (non-hydrogen) atoms. The fraction of sp³-hybridized carbons (Fsp3) is 0.125. The zero-order valence-corrected chi connectivity index (χ0v) is 16.5. The first-order chi connectivity index (χ1) is 15.1. The van der Waals surface area contributed by atoms with E-state index in [2.05, 4.69) is 15.5 Å². The predicted octanol–water partition coefficient (Wildman–Crippen LogP) is 4.87. The Labute approximate surface area is 178 Å². The summed E-state index contributed by atoms with van der Waals surface area (Å²) in [7, 11) is 0. The molecule has 0 spiro atoms. The van der Waals surface area contributed by atoms with Crippen molar-refractivity contribution in [2.24, 2.45) is 0 Å². The maximum atomic E-state index is 13.2. The van der Waals surface area contributed by atoms with Crippen molar-refractivity contribution in [1.29, 1.82) is 0 Å². The molecule has 1 saturated carbocycles. The third kappa shape index (κ3) is 3.90. The fourth-order valence-electron chi connectivity index (χ4n) is 3.51. The van der Waals surface area contributed by atoms with Crippen LogP contribution in [-0.2, 0) is 10.2 Å².